The second-order valence-corrected chi connectivity index (χ2v) is 7.16. The highest BCUT2D eigenvalue weighted by molar-refractivity contribution is 9.10. The minimum atomic E-state index is -0.173. The Morgan fingerprint density at radius 3 is 2.77 bits per heavy atom. The van der Waals surface area contributed by atoms with E-state index in [1.165, 1.54) is 11.8 Å². The molecule has 1 N–H and O–H groups in total. The van der Waals surface area contributed by atoms with Crippen LogP contribution in [0.3, 0.4) is 0 Å². The highest BCUT2D eigenvalue weighted by Gasteiger charge is 2.24. The van der Waals surface area contributed by atoms with Gasteiger partial charge in [-0.05, 0) is 70.5 Å². The Labute approximate surface area is 164 Å². The van der Waals surface area contributed by atoms with E-state index in [4.69, 9.17) is 9.47 Å². The lowest BCUT2D eigenvalue weighted by Crippen LogP contribution is -2.19. The van der Waals surface area contributed by atoms with E-state index in [-0.39, 0.29) is 5.91 Å². The molecule has 2 aromatic carbocycles. The molecule has 26 heavy (non-hydrogen) atoms. The quantitative estimate of drug-likeness (QED) is 0.692. The standard InChI is InChI=1S/C19H17BrN2O3S/c1-3-25-15-9-8-12(10-16(15)24-2)11-17-18(23)22-19(26-17)21-14-7-5-4-6-13(14)20/h4-11H,3H2,1-2H3,(H,21,22,23)/b17-11+. The van der Waals surface area contributed by atoms with E-state index in [2.05, 4.69) is 26.2 Å². The molecule has 1 fully saturated rings. The van der Waals surface area contributed by atoms with Gasteiger partial charge in [-0.1, -0.05) is 18.2 Å². The van der Waals surface area contributed by atoms with Crippen molar-refractivity contribution in [1.29, 1.82) is 0 Å². The molecule has 7 heteroatoms. The van der Waals surface area contributed by atoms with Gasteiger partial charge in [0.15, 0.2) is 16.7 Å². The van der Waals surface area contributed by atoms with Crippen molar-refractivity contribution in [3.8, 4) is 11.5 Å². The third-order valence-corrected chi connectivity index (χ3v) is 5.09. The SMILES string of the molecule is CCOc1ccc(/C=C2/SC(=Nc3ccccc3Br)NC2=O)cc1OC. The fourth-order valence-electron chi connectivity index (χ4n) is 2.33. The molecule has 0 radical (unpaired) electrons. The van der Waals surface area contributed by atoms with Crippen LogP contribution in [0.2, 0.25) is 0 Å². The van der Waals surface area contributed by atoms with Gasteiger partial charge in [-0.2, -0.15) is 0 Å². The number of thioether (sulfide) groups is 1. The third kappa shape index (κ3) is 4.28. The summed E-state index contributed by atoms with van der Waals surface area (Å²) >= 11 is 4.76. The Morgan fingerprint density at radius 1 is 1.23 bits per heavy atom. The van der Waals surface area contributed by atoms with Crippen molar-refractivity contribution in [2.45, 2.75) is 6.92 Å². The Balaban J connectivity index is 1.84. The van der Waals surface area contributed by atoms with Crippen molar-refractivity contribution in [2.75, 3.05) is 13.7 Å². The maximum absolute atomic E-state index is 12.2. The summed E-state index contributed by atoms with van der Waals surface area (Å²) in [6, 6.07) is 13.2. The zero-order chi connectivity index (χ0) is 18.5. The fraction of sp³-hybridized carbons (Fsp3) is 0.158. The first-order chi connectivity index (χ1) is 12.6. The predicted octanol–water partition coefficient (Wildman–Crippen LogP) is 4.75. The first kappa shape index (κ1) is 18.5. The molecule has 0 aliphatic carbocycles. The zero-order valence-electron chi connectivity index (χ0n) is 14.3. The number of aliphatic imine (C=N–C) groups is 1. The van der Waals surface area contributed by atoms with Crippen molar-refractivity contribution in [3.05, 3.63) is 57.4 Å². The number of halogens is 1. The van der Waals surface area contributed by atoms with Gasteiger partial charge in [-0.25, -0.2) is 4.99 Å². The molecule has 1 aliphatic rings. The molecule has 1 saturated heterocycles. The second-order valence-electron chi connectivity index (χ2n) is 5.28. The Kier molecular flexibility index (Phi) is 6.00. The van der Waals surface area contributed by atoms with Gasteiger partial charge in [-0.15, -0.1) is 0 Å². The largest absolute Gasteiger partial charge is 0.493 e. The molecule has 0 saturated carbocycles. The summed E-state index contributed by atoms with van der Waals surface area (Å²) in [4.78, 5) is 17.3. The topological polar surface area (TPSA) is 59.9 Å². The molecule has 0 aromatic heterocycles. The number of carbonyl (C=O) groups excluding carboxylic acids is 1. The van der Waals surface area contributed by atoms with Crippen molar-refractivity contribution in [3.63, 3.8) is 0 Å². The highest BCUT2D eigenvalue weighted by Crippen LogP contribution is 2.33. The number of nitrogens with one attached hydrogen (secondary N) is 1. The first-order valence-electron chi connectivity index (χ1n) is 7.95. The van der Waals surface area contributed by atoms with Gasteiger partial charge in [-0.3, -0.25) is 4.79 Å². The van der Waals surface area contributed by atoms with Crippen LogP contribution in [0.4, 0.5) is 5.69 Å². The van der Waals surface area contributed by atoms with Gasteiger partial charge >= 0.3 is 0 Å². The van der Waals surface area contributed by atoms with Gasteiger partial charge in [0.2, 0.25) is 0 Å². The van der Waals surface area contributed by atoms with E-state index in [0.29, 0.717) is 28.2 Å². The highest BCUT2D eigenvalue weighted by atomic mass is 79.9. The number of amidine groups is 1. The second kappa shape index (κ2) is 8.42. The summed E-state index contributed by atoms with van der Waals surface area (Å²) in [5.74, 6) is 1.14. The predicted molar refractivity (Wildman–Crippen MR) is 109 cm³/mol. The molecule has 134 valence electrons. The summed E-state index contributed by atoms with van der Waals surface area (Å²) in [6.45, 7) is 2.48. The number of rotatable bonds is 5. The van der Waals surface area contributed by atoms with Crippen LogP contribution < -0.4 is 14.8 Å². The number of hydrogen-bond donors (Lipinski definition) is 1. The average molecular weight is 433 g/mol. The fourth-order valence-corrected chi connectivity index (χ4v) is 3.54. The van der Waals surface area contributed by atoms with Crippen LogP contribution in [0, 0.1) is 0 Å². The number of para-hydroxylation sites is 1. The van der Waals surface area contributed by atoms with Crippen molar-refractivity contribution in [1.82, 2.24) is 5.32 Å². The number of nitrogens with zero attached hydrogens (tertiary/aromatic N) is 1. The molecule has 0 atom stereocenters. The van der Waals surface area contributed by atoms with Gasteiger partial charge in [0.05, 0.1) is 24.3 Å². The average Bonchev–Trinajstić information content (AvgIpc) is 2.97. The number of hydrogen-bond acceptors (Lipinski definition) is 5. The first-order valence-corrected chi connectivity index (χ1v) is 9.56. The van der Waals surface area contributed by atoms with E-state index in [0.717, 1.165) is 15.7 Å². The number of benzene rings is 2. The Hall–Kier alpha value is -2.25. The lowest BCUT2D eigenvalue weighted by molar-refractivity contribution is -0.115. The van der Waals surface area contributed by atoms with Crippen LogP contribution in [-0.4, -0.2) is 24.8 Å². The molecule has 0 unspecified atom stereocenters. The third-order valence-electron chi connectivity index (χ3n) is 3.51. The van der Waals surface area contributed by atoms with E-state index in [1.807, 2.05) is 49.4 Å². The van der Waals surface area contributed by atoms with E-state index in [9.17, 15) is 4.79 Å². The lowest BCUT2D eigenvalue weighted by atomic mass is 10.2. The minimum absolute atomic E-state index is 0.173. The molecular weight excluding hydrogens is 416 g/mol. The van der Waals surface area contributed by atoms with Gasteiger partial charge in [0.25, 0.3) is 5.91 Å². The maximum Gasteiger partial charge on any atom is 0.264 e. The normalized spacial score (nSPS) is 16.8. The summed E-state index contributed by atoms with van der Waals surface area (Å²) in [5, 5.41) is 3.34. The van der Waals surface area contributed by atoms with Crippen molar-refractivity contribution < 1.29 is 14.3 Å². The van der Waals surface area contributed by atoms with Crippen LogP contribution in [0.5, 0.6) is 11.5 Å². The van der Waals surface area contributed by atoms with Gasteiger partial charge in [0, 0.05) is 4.47 Å². The van der Waals surface area contributed by atoms with E-state index < -0.39 is 0 Å². The molecular formula is C19H17BrN2O3S. The number of carbonyl (C=O) groups is 1. The van der Waals surface area contributed by atoms with E-state index >= 15 is 0 Å². The summed E-state index contributed by atoms with van der Waals surface area (Å²) in [6.07, 6.45) is 1.81. The summed E-state index contributed by atoms with van der Waals surface area (Å²) in [5.41, 5.74) is 1.62. The van der Waals surface area contributed by atoms with Crippen LogP contribution in [0.25, 0.3) is 6.08 Å². The van der Waals surface area contributed by atoms with Crippen molar-refractivity contribution in [2.24, 2.45) is 4.99 Å². The molecule has 1 heterocycles. The summed E-state index contributed by atoms with van der Waals surface area (Å²) < 4.78 is 11.7. The molecule has 1 amide bonds. The van der Waals surface area contributed by atoms with Crippen LogP contribution in [0.1, 0.15) is 12.5 Å². The van der Waals surface area contributed by atoms with Crippen LogP contribution in [0.15, 0.2) is 56.8 Å². The molecule has 0 bridgehead atoms. The molecule has 3 rings (SSSR count). The van der Waals surface area contributed by atoms with Gasteiger partial charge < -0.3 is 14.8 Å². The number of amides is 1. The van der Waals surface area contributed by atoms with Crippen LogP contribution >= 0.6 is 27.7 Å². The minimum Gasteiger partial charge on any atom is -0.493 e. The molecule has 1 aliphatic heterocycles. The van der Waals surface area contributed by atoms with Gasteiger partial charge in [0.1, 0.15) is 0 Å². The summed E-state index contributed by atoms with van der Waals surface area (Å²) in [7, 11) is 1.59. The van der Waals surface area contributed by atoms with Crippen molar-refractivity contribution >= 4 is 50.5 Å². The zero-order valence-corrected chi connectivity index (χ0v) is 16.7. The smallest absolute Gasteiger partial charge is 0.264 e. The number of methoxy groups -OCH3 is 1. The lowest BCUT2D eigenvalue weighted by Gasteiger charge is -2.09. The molecule has 0 spiro atoms. The molecule has 5 nitrogen and oxygen atoms in total. The maximum atomic E-state index is 12.2. The monoisotopic (exact) mass is 432 g/mol. The van der Waals surface area contributed by atoms with Crippen LogP contribution in [-0.2, 0) is 4.79 Å². The van der Waals surface area contributed by atoms with E-state index in [1.54, 1.807) is 13.2 Å². The molecule has 2 aromatic rings. The Morgan fingerprint density at radius 2 is 2.04 bits per heavy atom. The Bertz CT molecular complexity index is 896. The number of ether oxygens (including phenoxy) is 2.